The topological polar surface area (TPSA) is 171 Å². The number of hydrogen-bond donors (Lipinski definition) is 6. The molecule has 0 spiro atoms. The first-order valence-corrected chi connectivity index (χ1v) is 9.60. The van der Waals surface area contributed by atoms with Crippen LogP contribution in [0.1, 0.15) is 26.3 Å². The number of amides is 3. The van der Waals surface area contributed by atoms with Crippen molar-refractivity contribution in [1.29, 1.82) is 0 Å². The van der Waals surface area contributed by atoms with Crippen LogP contribution in [0.5, 0.6) is 0 Å². The van der Waals surface area contributed by atoms with Gasteiger partial charge in [-0.25, -0.2) is 4.79 Å². The molecule has 0 saturated carbocycles. The van der Waals surface area contributed by atoms with Gasteiger partial charge in [0.05, 0.1) is 18.7 Å². The highest BCUT2D eigenvalue weighted by atomic mass is 16.4. The minimum absolute atomic E-state index is 0.307. The van der Waals surface area contributed by atoms with Crippen LogP contribution >= 0.6 is 0 Å². The van der Waals surface area contributed by atoms with Crippen LogP contribution in [0.25, 0.3) is 0 Å². The Labute approximate surface area is 175 Å². The third-order valence-corrected chi connectivity index (χ3v) is 4.37. The molecule has 3 amide bonds. The molecule has 4 unspecified atom stereocenters. The summed E-state index contributed by atoms with van der Waals surface area (Å²) in [6.45, 7) is 4.17. The maximum atomic E-state index is 12.4. The first-order valence-electron chi connectivity index (χ1n) is 9.60. The van der Waals surface area contributed by atoms with Gasteiger partial charge in [-0.2, -0.15) is 0 Å². The van der Waals surface area contributed by atoms with Crippen molar-refractivity contribution >= 4 is 23.7 Å². The van der Waals surface area contributed by atoms with E-state index in [0.717, 1.165) is 5.56 Å². The highest BCUT2D eigenvalue weighted by molar-refractivity contribution is 5.92. The lowest BCUT2D eigenvalue weighted by molar-refractivity contribution is -0.145. The van der Waals surface area contributed by atoms with Gasteiger partial charge in [-0.3, -0.25) is 14.4 Å². The SMILES string of the molecule is CC(C)C(NC(=O)CNC(=O)C(N)Cc1ccccc1)C(=O)NC(C(=O)O)C(C)O. The molecule has 0 radical (unpaired) electrons. The molecule has 1 rings (SSSR count). The van der Waals surface area contributed by atoms with Gasteiger partial charge in [0.2, 0.25) is 17.7 Å². The van der Waals surface area contributed by atoms with Crippen molar-refractivity contribution in [2.75, 3.05) is 6.54 Å². The Morgan fingerprint density at radius 1 is 0.967 bits per heavy atom. The van der Waals surface area contributed by atoms with Gasteiger partial charge in [0.15, 0.2) is 6.04 Å². The lowest BCUT2D eigenvalue weighted by Gasteiger charge is -2.25. The molecule has 0 aliphatic carbocycles. The summed E-state index contributed by atoms with van der Waals surface area (Å²) in [5, 5.41) is 25.7. The van der Waals surface area contributed by atoms with Crippen LogP contribution in [-0.2, 0) is 25.6 Å². The lowest BCUT2D eigenvalue weighted by atomic mass is 10.0. The van der Waals surface area contributed by atoms with E-state index >= 15 is 0 Å². The van der Waals surface area contributed by atoms with Gasteiger partial charge in [-0.1, -0.05) is 44.2 Å². The van der Waals surface area contributed by atoms with Crippen LogP contribution in [0.2, 0.25) is 0 Å². The zero-order valence-corrected chi connectivity index (χ0v) is 17.3. The summed E-state index contributed by atoms with van der Waals surface area (Å²) >= 11 is 0. The van der Waals surface area contributed by atoms with Crippen molar-refractivity contribution in [3.05, 3.63) is 35.9 Å². The first kappa shape index (κ1) is 25.1. The number of nitrogens with two attached hydrogens (primary N) is 1. The molecule has 0 aliphatic heterocycles. The minimum Gasteiger partial charge on any atom is -0.480 e. The number of carboxylic acids is 1. The number of rotatable bonds is 11. The van der Waals surface area contributed by atoms with E-state index < -0.39 is 54.5 Å². The van der Waals surface area contributed by atoms with Crippen LogP contribution < -0.4 is 21.7 Å². The zero-order chi connectivity index (χ0) is 22.8. The predicted molar refractivity (Wildman–Crippen MR) is 109 cm³/mol. The van der Waals surface area contributed by atoms with Crippen LogP contribution in [-0.4, -0.2) is 64.7 Å². The number of carboxylic acid groups (broad SMARTS) is 1. The Balaban J connectivity index is 2.59. The van der Waals surface area contributed by atoms with Crippen LogP contribution in [0.15, 0.2) is 30.3 Å². The van der Waals surface area contributed by atoms with Crippen molar-refractivity contribution < 1.29 is 29.4 Å². The van der Waals surface area contributed by atoms with E-state index in [2.05, 4.69) is 16.0 Å². The van der Waals surface area contributed by atoms with Gasteiger partial charge in [-0.05, 0) is 24.8 Å². The summed E-state index contributed by atoms with van der Waals surface area (Å²) in [6, 6.07) is 5.78. The van der Waals surface area contributed by atoms with E-state index in [4.69, 9.17) is 10.8 Å². The Morgan fingerprint density at radius 3 is 2.07 bits per heavy atom. The molecule has 0 aliphatic rings. The van der Waals surface area contributed by atoms with Crippen LogP contribution in [0, 0.1) is 5.92 Å². The summed E-state index contributed by atoms with van der Waals surface area (Å²) in [6.07, 6.45) is -1.01. The van der Waals surface area contributed by atoms with Gasteiger partial charge in [-0.15, -0.1) is 0 Å². The van der Waals surface area contributed by atoms with Gasteiger partial charge in [0.1, 0.15) is 6.04 Å². The van der Waals surface area contributed by atoms with Crippen molar-refractivity contribution in [1.82, 2.24) is 16.0 Å². The lowest BCUT2D eigenvalue weighted by Crippen LogP contribution is -2.57. The summed E-state index contributed by atoms with van der Waals surface area (Å²) in [5.41, 5.74) is 6.74. The second-order valence-electron chi connectivity index (χ2n) is 7.37. The van der Waals surface area contributed by atoms with Crippen molar-refractivity contribution in [3.63, 3.8) is 0 Å². The molecule has 1 aromatic carbocycles. The normalized spacial score (nSPS) is 14.9. The maximum Gasteiger partial charge on any atom is 0.328 e. The Bertz CT molecular complexity index is 738. The van der Waals surface area contributed by atoms with Gasteiger partial charge in [0.25, 0.3) is 0 Å². The molecule has 10 nitrogen and oxygen atoms in total. The van der Waals surface area contributed by atoms with E-state index in [1.165, 1.54) is 6.92 Å². The van der Waals surface area contributed by atoms with E-state index in [0.29, 0.717) is 6.42 Å². The number of aliphatic hydroxyl groups is 1. The molecule has 1 aromatic rings. The first-order chi connectivity index (χ1) is 14.0. The summed E-state index contributed by atoms with van der Waals surface area (Å²) < 4.78 is 0. The summed E-state index contributed by atoms with van der Waals surface area (Å²) in [5.74, 6) is -3.66. The molecular formula is C20H30N4O6. The molecule has 166 valence electrons. The Morgan fingerprint density at radius 2 is 1.57 bits per heavy atom. The summed E-state index contributed by atoms with van der Waals surface area (Å²) in [4.78, 5) is 47.8. The number of hydrogen-bond acceptors (Lipinski definition) is 6. The third kappa shape index (κ3) is 8.18. The number of aliphatic hydroxyl groups excluding tert-OH is 1. The fourth-order valence-electron chi connectivity index (χ4n) is 2.65. The zero-order valence-electron chi connectivity index (χ0n) is 17.3. The number of benzene rings is 1. The van der Waals surface area contributed by atoms with Gasteiger partial charge in [0, 0.05) is 0 Å². The smallest absolute Gasteiger partial charge is 0.328 e. The monoisotopic (exact) mass is 422 g/mol. The van der Waals surface area contributed by atoms with Gasteiger partial charge < -0.3 is 31.9 Å². The number of carbonyl (C=O) groups is 4. The Kier molecular flexibility index (Phi) is 9.93. The summed E-state index contributed by atoms with van der Waals surface area (Å²) in [7, 11) is 0. The molecule has 30 heavy (non-hydrogen) atoms. The van der Waals surface area contributed by atoms with E-state index in [1.54, 1.807) is 13.8 Å². The average Bonchev–Trinajstić information content (AvgIpc) is 2.68. The van der Waals surface area contributed by atoms with Gasteiger partial charge >= 0.3 is 5.97 Å². The Hall–Kier alpha value is -2.98. The van der Waals surface area contributed by atoms with Crippen molar-refractivity contribution in [2.24, 2.45) is 11.7 Å². The van der Waals surface area contributed by atoms with Crippen molar-refractivity contribution in [2.45, 2.75) is 51.4 Å². The maximum absolute atomic E-state index is 12.4. The molecule has 0 saturated heterocycles. The standard InChI is InChI=1S/C20H30N4O6/c1-11(2)16(19(28)24-17(12(3)25)20(29)30)23-15(26)10-22-18(27)14(21)9-13-7-5-4-6-8-13/h4-8,11-12,14,16-17,25H,9-10,21H2,1-3H3,(H,22,27)(H,23,26)(H,24,28)(H,29,30). The largest absolute Gasteiger partial charge is 0.480 e. The van der Waals surface area contributed by atoms with Crippen LogP contribution in [0.3, 0.4) is 0 Å². The van der Waals surface area contributed by atoms with E-state index in [9.17, 15) is 24.3 Å². The second kappa shape index (κ2) is 11.9. The molecule has 4 atom stereocenters. The highest BCUT2D eigenvalue weighted by Gasteiger charge is 2.31. The number of carbonyl (C=O) groups excluding carboxylic acids is 3. The van der Waals surface area contributed by atoms with E-state index in [-0.39, 0.29) is 5.92 Å². The molecule has 7 N–H and O–H groups in total. The fraction of sp³-hybridized carbons (Fsp3) is 0.500. The number of nitrogens with one attached hydrogen (secondary N) is 3. The molecule has 0 aromatic heterocycles. The predicted octanol–water partition coefficient (Wildman–Crippen LogP) is -1.24. The second-order valence-corrected chi connectivity index (χ2v) is 7.37. The average molecular weight is 422 g/mol. The molecule has 0 heterocycles. The van der Waals surface area contributed by atoms with Crippen LogP contribution in [0.4, 0.5) is 0 Å². The molecular weight excluding hydrogens is 392 g/mol. The van der Waals surface area contributed by atoms with Crippen molar-refractivity contribution in [3.8, 4) is 0 Å². The number of aliphatic carboxylic acids is 1. The molecule has 0 fully saturated rings. The minimum atomic E-state index is -1.51. The highest BCUT2D eigenvalue weighted by Crippen LogP contribution is 2.04. The third-order valence-electron chi connectivity index (χ3n) is 4.37. The molecule has 0 bridgehead atoms. The van der Waals surface area contributed by atoms with E-state index in [1.807, 2.05) is 30.3 Å². The quantitative estimate of drug-likeness (QED) is 0.259. The molecule has 10 heteroatoms. The fourth-order valence-corrected chi connectivity index (χ4v) is 2.65.